The van der Waals surface area contributed by atoms with Crippen LogP contribution in [0.3, 0.4) is 0 Å². The molecule has 0 saturated heterocycles. The van der Waals surface area contributed by atoms with E-state index in [0.29, 0.717) is 5.69 Å². The fourth-order valence-corrected chi connectivity index (χ4v) is 3.08. The number of benzene rings is 1. The average Bonchev–Trinajstić information content (AvgIpc) is 2.57. The van der Waals surface area contributed by atoms with Gasteiger partial charge in [0.05, 0.1) is 11.9 Å². The van der Waals surface area contributed by atoms with Crippen molar-refractivity contribution < 1.29 is 18.0 Å². The molecule has 9 heteroatoms. The predicted octanol–water partition coefficient (Wildman–Crippen LogP) is 1.12. The first-order valence-electron chi connectivity index (χ1n) is 7.76. The van der Waals surface area contributed by atoms with Gasteiger partial charge in [0.15, 0.2) is 0 Å². The predicted molar refractivity (Wildman–Crippen MR) is 99.0 cm³/mol. The zero-order valence-corrected chi connectivity index (χ0v) is 15.3. The molecule has 0 aliphatic rings. The van der Waals surface area contributed by atoms with Crippen molar-refractivity contribution in [3.05, 3.63) is 54.4 Å². The lowest BCUT2D eigenvalue weighted by molar-refractivity contribution is -0.119. The van der Waals surface area contributed by atoms with Crippen LogP contribution in [0.2, 0.25) is 0 Å². The molecular weight excluding hydrogens is 356 g/mol. The van der Waals surface area contributed by atoms with Crippen molar-refractivity contribution in [2.45, 2.75) is 13.5 Å². The van der Waals surface area contributed by atoms with Gasteiger partial charge >= 0.3 is 0 Å². The number of nitrogens with zero attached hydrogens (tertiary/aromatic N) is 2. The van der Waals surface area contributed by atoms with E-state index in [1.54, 1.807) is 42.7 Å². The molecule has 0 spiro atoms. The standard InChI is InChI=1S/C17H20N4O4S/c1-13(22)20-15-6-3-7-16(9-15)21(26(2,24)25)12-17(23)19-11-14-5-4-8-18-10-14/h3-10H,11-12H2,1-2H3,(H,19,23)(H,20,22). The smallest absolute Gasteiger partial charge is 0.241 e. The quantitative estimate of drug-likeness (QED) is 0.753. The van der Waals surface area contributed by atoms with Gasteiger partial charge in [-0.3, -0.25) is 18.9 Å². The van der Waals surface area contributed by atoms with Gasteiger partial charge in [-0.05, 0) is 29.8 Å². The lowest BCUT2D eigenvalue weighted by Crippen LogP contribution is -2.40. The number of hydrogen-bond acceptors (Lipinski definition) is 5. The Morgan fingerprint density at radius 1 is 1.19 bits per heavy atom. The maximum absolute atomic E-state index is 12.2. The van der Waals surface area contributed by atoms with Crippen LogP contribution in [-0.2, 0) is 26.2 Å². The summed E-state index contributed by atoms with van der Waals surface area (Å²) in [6.07, 6.45) is 4.26. The van der Waals surface area contributed by atoms with Gasteiger partial charge in [0.25, 0.3) is 0 Å². The molecule has 0 saturated carbocycles. The summed E-state index contributed by atoms with van der Waals surface area (Å²) in [5.41, 5.74) is 1.54. The van der Waals surface area contributed by atoms with Gasteiger partial charge in [-0.15, -0.1) is 0 Å². The van der Waals surface area contributed by atoms with Gasteiger partial charge in [-0.2, -0.15) is 0 Å². The van der Waals surface area contributed by atoms with Gasteiger partial charge in [-0.25, -0.2) is 8.42 Å². The Bertz CT molecular complexity index is 885. The second-order valence-electron chi connectivity index (χ2n) is 5.64. The number of carbonyl (C=O) groups excluding carboxylic acids is 2. The van der Waals surface area contributed by atoms with Crippen molar-refractivity contribution in [3.63, 3.8) is 0 Å². The highest BCUT2D eigenvalue weighted by molar-refractivity contribution is 7.92. The van der Waals surface area contributed by atoms with Gasteiger partial charge in [0.2, 0.25) is 21.8 Å². The van der Waals surface area contributed by atoms with Crippen LogP contribution in [0.5, 0.6) is 0 Å². The van der Waals surface area contributed by atoms with Crippen LogP contribution in [0.15, 0.2) is 48.8 Å². The molecule has 0 fully saturated rings. The van der Waals surface area contributed by atoms with Crippen LogP contribution in [-0.4, -0.2) is 38.0 Å². The van der Waals surface area contributed by atoms with Crippen LogP contribution in [0.25, 0.3) is 0 Å². The van der Waals surface area contributed by atoms with Crippen LogP contribution >= 0.6 is 0 Å². The number of rotatable bonds is 7. The molecular formula is C17H20N4O4S. The fourth-order valence-electron chi connectivity index (χ4n) is 2.23. The zero-order valence-electron chi connectivity index (χ0n) is 14.5. The highest BCUT2D eigenvalue weighted by Gasteiger charge is 2.21. The van der Waals surface area contributed by atoms with E-state index in [2.05, 4.69) is 15.6 Å². The number of nitrogens with one attached hydrogen (secondary N) is 2. The highest BCUT2D eigenvalue weighted by Crippen LogP contribution is 2.21. The maximum atomic E-state index is 12.2. The van der Waals surface area contributed by atoms with E-state index >= 15 is 0 Å². The van der Waals surface area contributed by atoms with Crippen LogP contribution < -0.4 is 14.9 Å². The molecule has 1 heterocycles. The summed E-state index contributed by atoms with van der Waals surface area (Å²) >= 11 is 0. The first-order valence-corrected chi connectivity index (χ1v) is 9.61. The first-order chi connectivity index (χ1) is 12.3. The average molecular weight is 376 g/mol. The summed E-state index contributed by atoms with van der Waals surface area (Å²) in [5, 5.41) is 5.25. The number of sulfonamides is 1. The van der Waals surface area contributed by atoms with Crippen molar-refractivity contribution >= 4 is 33.2 Å². The van der Waals surface area contributed by atoms with Crippen molar-refractivity contribution in [1.29, 1.82) is 0 Å². The van der Waals surface area contributed by atoms with E-state index in [4.69, 9.17) is 0 Å². The second kappa shape index (κ2) is 8.43. The number of anilines is 2. The van der Waals surface area contributed by atoms with Crippen molar-refractivity contribution in [1.82, 2.24) is 10.3 Å². The fraction of sp³-hybridized carbons (Fsp3) is 0.235. The summed E-state index contributed by atoms with van der Waals surface area (Å²) in [4.78, 5) is 27.3. The Balaban J connectivity index is 2.13. The minimum Gasteiger partial charge on any atom is -0.350 e. The topological polar surface area (TPSA) is 108 Å². The molecule has 0 atom stereocenters. The summed E-state index contributed by atoms with van der Waals surface area (Å²) in [6, 6.07) is 9.84. The van der Waals surface area contributed by atoms with E-state index in [-0.39, 0.29) is 24.7 Å². The van der Waals surface area contributed by atoms with Crippen molar-refractivity contribution in [2.24, 2.45) is 0 Å². The minimum absolute atomic E-state index is 0.246. The molecule has 0 aliphatic heterocycles. The van der Waals surface area contributed by atoms with E-state index < -0.39 is 15.9 Å². The Kier molecular flexibility index (Phi) is 6.29. The lowest BCUT2D eigenvalue weighted by atomic mass is 10.2. The van der Waals surface area contributed by atoms with E-state index in [1.807, 2.05) is 0 Å². The van der Waals surface area contributed by atoms with Gasteiger partial charge in [0, 0.05) is 31.5 Å². The highest BCUT2D eigenvalue weighted by atomic mass is 32.2. The number of hydrogen-bond donors (Lipinski definition) is 2. The molecule has 1 aromatic heterocycles. The molecule has 2 rings (SSSR count). The van der Waals surface area contributed by atoms with Crippen LogP contribution in [0.4, 0.5) is 11.4 Å². The SMILES string of the molecule is CC(=O)Nc1cccc(N(CC(=O)NCc2cccnc2)S(C)(=O)=O)c1. The number of amides is 2. The third kappa shape index (κ3) is 5.85. The molecule has 26 heavy (non-hydrogen) atoms. The van der Waals surface area contributed by atoms with Gasteiger partial charge in [0.1, 0.15) is 6.54 Å². The third-order valence-electron chi connectivity index (χ3n) is 3.35. The Labute approximate surface area is 152 Å². The summed E-state index contributed by atoms with van der Waals surface area (Å²) in [6.45, 7) is 1.23. The summed E-state index contributed by atoms with van der Waals surface area (Å²) in [7, 11) is -3.69. The molecule has 2 amide bonds. The Morgan fingerprint density at radius 2 is 1.96 bits per heavy atom. The molecule has 138 valence electrons. The minimum atomic E-state index is -3.69. The van der Waals surface area contributed by atoms with Crippen molar-refractivity contribution in [2.75, 3.05) is 22.4 Å². The first kappa shape index (κ1) is 19.4. The summed E-state index contributed by atoms with van der Waals surface area (Å²) < 4.78 is 25.2. The lowest BCUT2D eigenvalue weighted by Gasteiger charge is -2.22. The zero-order chi connectivity index (χ0) is 19.2. The van der Waals surface area contributed by atoms with Crippen LogP contribution in [0, 0.1) is 0 Å². The Hall–Kier alpha value is -2.94. The molecule has 1 aromatic carbocycles. The third-order valence-corrected chi connectivity index (χ3v) is 4.50. The van der Waals surface area contributed by atoms with Gasteiger partial charge in [-0.1, -0.05) is 12.1 Å². The number of pyridine rings is 1. The maximum Gasteiger partial charge on any atom is 0.241 e. The molecule has 2 N–H and O–H groups in total. The monoisotopic (exact) mass is 376 g/mol. The van der Waals surface area contributed by atoms with E-state index in [9.17, 15) is 18.0 Å². The molecule has 0 radical (unpaired) electrons. The summed E-state index contributed by atoms with van der Waals surface area (Å²) in [5.74, 6) is -0.730. The number of aromatic nitrogens is 1. The molecule has 2 aromatic rings. The molecule has 8 nitrogen and oxygen atoms in total. The molecule has 0 bridgehead atoms. The normalized spacial score (nSPS) is 10.8. The Morgan fingerprint density at radius 3 is 2.58 bits per heavy atom. The second-order valence-corrected chi connectivity index (χ2v) is 7.55. The van der Waals surface area contributed by atoms with E-state index in [1.165, 1.54) is 13.0 Å². The molecule has 0 unspecified atom stereocenters. The molecule has 0 aliphatic carbocycles. The largest absolute Gasteiger partial charge is 0.350 e. The van der Waals surface area contributed by atoms with E-state index in [0.717, 1.165) is 16.1 Å². The van der Waals surface area contributed by atoms with Crippen LogP contribution in [0.1, 0.15) is 12.5 Å². The number of carbonyl (C=O) groups is 2. The van der Waals surface area contributed by atoms with Gasteiger partial charge < -0.3 is 10.6 Å². The van der Waals surface area contributed by atoms with Crippen molar-refractivity contribution in [3.8, 4) is 0 Å².